The number of aromatic amines is 1. The van der Waals surface area contributed by atoms with Crippen molar-refractivity contribution in [2.24, 2.45) is 0 Å². The summed E-state index contributed by atoms with van der Waals surface area (Å²) in [5, 5.41) is 3.47. The summed E-state index contributed by atoms with van der Waals surface area (Å²) < 4.78 is 0. The number of hydrogen-bond acceptors (Lipinski definition) is 2. The molecule has 3 aromatic rings. The highest BCUT2D eigenvalue weighted by atomic mass is 14.9. The minimum Gasteiger partial charge on any atom is -0.381 e. The van der Waals surface area contributed by atoms with Crippen LogP contribution in [-0.2, 0) is 6.42 Å². The predicted octanol–water partition coefficient (Wildman–Crippen LogP) is 4.13. The summed E-state index contributed by atoms with van der Waals surface area (Å²) >= 11 is 0. The van der Waals surface area contributed by atoms with E-state index in [0.717, 1.165) is 24.5 Å². The molecule has 2 N–H and O–H groups in total. The van der Waals surface area contributed by atoms with Gasteiger partial charge in [0.1, 0.15) is 5.82 Å². The van der Waals surface area contributed by atoms with E-state index in [1.807, 2.05) is 24.4 Å². The van der Waals surface area contributed by atoms with Gasteiger partial charge in [-0.1, -0.05) is 60.7 Å². The van der Waals surface area contributed by atoms with Crippen LogP contribution in [0.4, 0.5) is 5.69 Å². The van der Waals surface area contributed by atoms with Gasteiger partial charge in [-0.25, -0.2) is 4.98 Å². The summed E-state index contributed by atoms with van der Waals surface area (Å²) in [5.41, 5.74) is 3.61. The van der Waals surface area contributed by atoms with Gasteiger partial charge in [-0.2, -0.15) is 0 Å². The molecule has 110 valence electrons. The van der Waals surface area contributed by atoms with E-state index in [0.29, 0.717) is 0 Å². The second-order valence-electron chi connectivity index (χ2n) is 5.06. The Morgan fingerprint density at radius 2 is 1.82 bits per heavy atom. The van der Waals surface area contributed by atoms with Gasteiger partial charge in [0, 0.05) is 31.0 Å². The number of benzene rings is 2. The van der Waals surface area contributed by atoms with Crippen LogP contribution in [-0.4, -0.2) is 16.5 Å². The van der Waals surface area contributed by atoms with Gasteiger partial charge in [0.25, 0.3) is 0 Å². The number of hydrogen-bond donors (Lipinski definition) is 2. The first kappa shape index (κ1) is 14.1. The topological polar surface area (TPSA) is 40.7 Å². The Balaban J connectivity index is 1.62. The van der Waals surface area contributed by atoms with Crippen molar-refractivity contribution in [3.05, 3.63) is 90.0 Å². The smallest absolute Gasteiger partial charge is 0.110 e. The van der Waals surface area contributed by atoms with Crippen LogP contribution in [0.2, 0.25) is 0 Å². The van der Waals surface area contributed by atoms with E-state index >= 15 is 0 Å². The first-order valence-corrected chi connectivity index (χ1v) is 7.43. The molecule has 1 heterocycles. The van der Waals surface area contributed by atoms with Gasteiger partial charge in [-0.15, -0.1) is 0 Å². The van der Waals surface area contributed by atoms with Gasteiger partial charge < -0.3 is 10.3 Å². The largest absolute Gasteiger partial charge is 0.381 e. The molecule has 0 aliphatic heterocycles. The van der Waals surface area contributed by atoms with Crippen molar-refractivity contribution in [2.45, 2.75) is 6.42 Å². The highest BCUT2D eigenvalue weighted by Crippen LogP contribution is 2.17. The fourth-order valence-electron chi connectivity index (χ4n) is 2.35. The Labute approximate surface area is 130 Å². The fourth-order valence-corrected chi connectivity index (χ4v) is 2.35. The molecule has 0 atom stereocenters. The highest BCUT2D eigenvalue weighted by molar-refractivity contribution is 5.54. The van der Waals surface area contributed by atoms with E-state index in [1.165, 1.54) is 11.1 Å². The lowest BCUT2D eigenvalue weighted by molar-refractivity contribution is 1.02. The zero-order valence-electron chi connectivity index (χ0n) is 12.4. The molecule has 0 saturated heterocycles. The van der Waals surface area contributed by atoms with Crippen LogP contribution in [0.5, 0.6) is 0 Å². The average molecular weight is 289 g/mol. The van der Waals surface area contributed by atoms with Crippen molar-refractivity contribution in [2.75, 3.05) is 11.9 Å². The van der Waals surface area contributed by atoms with E-state index in [2.05, 4.69) is 63.8 Å². The number of anilines is 1. The van der Waals surface area contributed by atoms with Crippen LogP contribution < -0.4 is 5.32 Å². The number of para-hydroxylation sites is 1. The van der Waals surface area contributed by atoms with Crippen molar-refractivity contribution >= 4 is 11.8 Å². The second kappa shape index (κ2) is 7.27. The molecule has 2 aromatic carbocycles. The Morgan fingerprint density at radius 3 is 2.64 bits per heavy atom. The SMILES string of the molecule is C(=C\c1ccccc1)/CNc1ccccc1Cc1ncc[nH]1. The molecular weight excluding hydrogens is 270 g/mol. The zero-order valence-corrected chi connectivity index (χ0v) is 12.4. The van der Waals surface area contributed by atoms with Crippen molar-refractivity contribution in [3.63, 3.8) is 0 Å². The molecule has 3 nitrogen and oxygen atoms in total. The molecule has 0 aliphatic carbocycles. The third-order valence-electron chi connectivity index (χ3n) is 3.45. The molecule has 0 unspecified atom stereocenters. The summed E-state index contributed by atoms with van der Waals surface area (Å²) in [6.07, 6.45) is 8.71. The fraction of sp³-hybridized carbons (Fsp3) is 0.105. The molecule has 22 heavy (non-hydrogen) atoms. The molecule has 0 spiro atoms. The average Bonchev–Trinajstić information content (AvgIpc) is 3.07. The quantitative estimate of drug-likeness (QED) is 0.716. The summed E-state index contributed by atoms with van der Waals surface area (Å²) in [6, 6.07) is 18.7. The van der Waals surface area contributed by atoms with Crippen LogP contribution >= 0.6 is 0 Å². The van der Waals surface area contributed by atoms with E-state index in [-0.39, 0.29) is 0 Å². The number of nitrogens with zero attached hydrogens (tertiary/aromatic N) is 1. The van der Waals surface area contributed by atoms with Gasteiger partial charge in [0.2, 0.25) is 0 Å². The van der Waals surface area contributed by atoms with Crippen molar-refractivity contribution in [3.8, 4) is 0 Å². The van der Waals surface area contributed by atoms with Gasteiger partial charge >= 0.3 is 0 Å². The second-order valence-corrected chi connectivity index (χ2v) is 5.06. The first-order chi connectivity index (χ1) is 10.9. The maximum atomic E-state index is 4.29. The van der Waals surface area contributed by atoms with Crippen molar-refractivity contribution < 1.29 is 0 Å². The maximum Gasteiger partial charge on any atom is 0.110 e. The van der Waals surface area contributed by atoms with Gasteiger partial charge in [-0.3, -0.25) is 0 Å². The third-order valence-corrected chi connectivity index (χ3v) is 3.45. The lowest BCUT2D eigenvalue weighted by Crippen LogP contribution is -2.02. The highest BCUT2D eigenvalue weighted by Gasteiger charge is 2.03. The standard InChI is InChI=1S/C19H19N3/c1-2-7-16(8-3-1)9-6-12-20-18-11-5-4-10-17(18)15-19-21-13-14-22-19/h1-11,13-14,20H,12,15H2,(H,21,22)/b9-6+. The molecule has 0 bridgehead atoms. The molecule has 0 saturated carbocycles. The number of nitrogens with one attached hydrogen (secondary N) is 2. The number of imidazole rings is 1. The van der Waals surface area contributed by atoms with E-state index in [1.54, 1.807) is 6.20 Å². The Hall–Kier alpha value is -2.81. The monoisotopic (exact) mass is 289 g/mol. The molecule has 0 aliphatic rings. The lowest BCUT2D eigenvalue weighted by atomic mass is 10.1. The molecule has 3 heteroatoms. The summed E-state index contributed by atoms with van der Waals surface area (Å²) in [4.78, 5) is 7.44. The first-order valence-electron chi connectivity index (χ1n) is 7.43. The van der Waals surface area contributed by atoms with Gasteiger partial charge in [0.15, 0.2) is 0 Å². The Morgan fingerprint density at radius 1 is 1.00 bits per heavy atom. The minimum absolute atomic E-state index is 0.796. The van der Waals surface area contributed by atoms with E-state index in [4.69, 9.17) is 0 Å². The normalized spacial score (nSPS) is 10.9. The van der Waals surface area contributed by atoms with E-state index in [9.17, 15) is 0 Å². The summed E-state index contributed by atoms with van der Waals surface area (Å²) in [7, 11) is 0. The number of aromatic nitrogens is 2. The Kier molecular flexibility index (Phi) is 4.67. The van der Waals surface area contributed by atoms with Crippen LogP contribution in [0.15, 0.2) is 73.1 Å². The maximum absolute atomic E-state index is 4.29. The summed E-state index contributed by atoms with van der Waals surface area (Å²) in [6.45, 7) is 0.796. The molecular formula is C19H19N3. The predicted molar refractivity (Wildman–Crippen MR) is 91.8 cm³/mol. The lowest BCUT2D eigenvalue weighted by Gasteiger charge is -2.09. The van der Waals surface area contributed by atoms with Crippen LogP contribution in [0.1, 0.15) is 17.0 Å². The summed E-state index contributed by atoms with van der Waals surface area (Å²) in [5.74, 6) is 0.981. The number of H-pyrrole nitrogens is 1. The number of rotatable bonds is 6. The molecule has 1 aromatic heterocycles. The molecule has 0 amide bonds. The zero-order chi connectivity index (χ0) is 15.0. The Bertz CT molecular complexity index is 715. The van der Waals surface area contributed by atoms with Crippen molar-refractivity contribution in [1.82, 2.24) is 9.97 Å². The minimum atomic E-state index is 0.796. The molecule has 0 radical (unpaired) electrons. The molecule has 0 fully saturated rings. The van der Waals surface area contributed by atoms with Crippen LogP contribution in [0.3, 0.4) is 0 Å². The van der Waals surface area contributed by atoms with Crippen molar-refractivity contribution in [1.29, 1.82) is 0 Å². The van der Waals surface area contributed by atoms with Gasteiger partial charge in [-0.05, 0) is 17.2 Å². The van der Waals surface area contributed by atoms with Crippen LogP contribution in [0.25, 0.3) is 6.08 Å². The van der Waals surface area contributed by atoms with Crippen LogP contribution in [0, 0.1) is 0 Å². The molecule has 3 rings (SSSR count). The third kappa shape index (κ3) is 3.85. The van der Waals surface area contributed by atoms with E-state index < -0.39 is 0 Å². The van der Waals surface area contributed by atoms with Gasteiger partial charge in [0.05, 0.1) is 0 Å².